The van der Waals surface area contributed by atoms with Crippen molar-refractivity contribution in [2.45, 2.75) is 6.54 Å². The van der Waals surface area contributed by atoms with Gasteiger partial charge in [-0.05, 0) is 42.0 Å². The first-order chi connectivity index (χ1) is 16.1. The smallest absolute Gasteiger partial charge is 0.255 e. The van der Waals surface area contributed by atoms with E-state index in [1.54, 1.807) is 18.2 Å². The third-order valence-electron chi connectivity index (χ3n) is 5.69. The van der Waals surface area contributed by atoms with Gasteiger partial charge in [0.2, 0.25) is 5.89 Å². The molecule has 176 valence electrons. The highest BCUT2D eigenvalue weighted by Gasteiger charge is 2.18. The molecular weight excluding hydrogens is 495 g/mol. The quantitative estimate of drug-likeness (QED) is 0.346. The van der Waals surface area contributed by atoms with Crippen molar-refractivity contribution >= 4 is 58.3 Å². The van der Waals surface area contributed by atoms with E-state index < -0.39 is 0 Å². The van der Waals surface area contributed by atoms with Gasteiger partial charge >= 0.3 is 0 Å². The Morgan fingerprint density at radius 3 is 2.62 bits per heavy atom. The lowest BCUT2D eigenvalue weighted by Crippen LogP contribution is -2.42. The average Bonchev–Trinajstić information content (AvgIpc) is 3.27. The van der Waals surface area contributed by atoms with Crippen molar-refractivity contribution in [3.63, 3.8) is 0 Å². The number of carbonyl (C=O) groups is 1. The summed E-state index contributed by atoms with van der Waals surface area (Å²) in [5.74, 6) is 0.166. The van der Waals surface area contributed by atoms with Crippen LogP contribution in [0.1, 0.15) is 15.9 Å². The molecule has 4 aromatic rings. The fourth-order valence-electron chi connectivity index (χ4n) is 3.97. The van der Waals surface area contributed by atoms with Crippen LogP contribution in [-0.2, 0) is 6.54 Å². The molecule has 0 unspecified atom stereocenters. The van der Waals surface area contributed by atoms with Gasteiger partial charge in [0.25, 0.3) is 5.91 Å². The number of amides is 1. The molecule has 9 heteroatoms. The molecule has 2 heterocycles. The number of piperazine rings is 1. The SMILES string of the molecule is Cl.O=C(Nc1ccccc1-c1nc2c(CN3CCNCC3)cccc2o1)c1ccc(Cl)c(Cl)c1. The molecule has 1 aromatic heterocycles. The maximum atomic E-state index is 12.8. The Morgan fingerprint density at radius 1 is 1.03 bits per heavy atom. The number of rotatable bonds is 5. The lowest BCUT2D eigenvalue weighted by atomic mass is 10.1. The number of aromatic nitrogens is 1. The van der Waals surface area contributed by atoms with E-state index in [4.69, 9.17) is 32.6 Å². The molecule has 0 aliphatic carbocycles. The molecule has 1 aliphatic heterocycles. The Morgan fingerprint density at radius 2 is 1.82 bits per heavy atom. The highest BCUT2D eigenvalue weighted by atomic mass is 35.5. The number of nitrogens with one attached hydrogen (secondary N) is 2. The standard InChI is InChI=1S/C25H22Cl2N4O2.ClH/c26-19-9-8-16(14-20(19)27)24(32)29-21-6-2-1-5-18(21)25-30-23-17(4-3-7-22(23)33-25)15-31-12-10-28-11-13-31;/h1-9,14,28H,10-13,15H2,(H,29,32);1H. The van der Waals surface area contributed by atoms with Gasteiger partial charge in [-0.3, -0.25) is 9.69 Å². The average molecular weight is 518 g/mol. The Balaban J connectivity index is 0.00000274. The first-order valence-corrected chi connectivity index (χ1v) is 11.5. The molecule has 1 fully saturated rings. The van der Waals surface area contributed by atoms with Crippen molar-refractivity contribution in [2.24, 2.45) is 0 Å². The van der Waals surface area contributed by atoms with E-state index in [0.717, 1.165) is 49.4 Å². The summed E-state index contributed by atoms with van der Waals surface area (Å²) in [6.45, 7) is 4.81. The second-order valence-corrected chi connectivity index (χ2v) is 8.75. The molecule has 6 nitrogen and oxygen atoms in total. The molecular formula is C25H23Cl3N4O2. The number of fused-ring (bicyclic) bond motifs is 1. The van der Waals surface area contributed by atoms with Crippen molar-refractivity contribution in [3.05, 3.63) is 81.8 Å². The van der Waals surface area contributed by atoms with Crippen LogP contribution in [0, 0.1) is 0 Å². The van der Waals surface area contributed by atoms with Gasteiger partial charge in [-0.2, -0.15) is 0 Å². The van der Waals surface area contributed by atoms with Crippen molar-refractivity contribution in [3.8, 4) is 11.5 Å². The summed E-state index contributed by atoms with van der Waals surface area (Å²) in [5, 5.41) is 7.05. The molecule has 0 bridgehead atoms. The third-order valence-corrected chi connectivity index (χ3v) is 6.43. The van der Waals surface area contributed by atoms with E-state index in [1.165, 1.54) is 0 Å². The minimum atomic E-state index is -0.295. The van der Waals surface area contributed by atoms with Gasteiger partial charge in [0, 0.05) is 38.3 Å². The molecule has 0 spiro atoms. The van der Waals surface area contributed by atoms with Gasteiger partial charge in [-0.25, -0.2) is 4.98 Å². The van der Waals surface area contributed by atoms with Gasteiger partial charge in [-0.1, -0.05) is 47.5 Å². The monoisotopic (exact) mass is 516 g/mol. The van der Waals surface area contributed by atoms with E-state index in [9.17, 15) is 4.79 Å². The molecule has 34 heavy (non-hydrogen) atoms. The summed E-state index contributed by atoms with van der Waals surface area (Å²) < 4.78 is 6.11. The van der Waals surface area contributed by atoms with Crippen LogP contribution in [0.2, 0.25) is 10.0 Å². The summed E-state index contributed by atoms with van der Waals surface area (Å²) in [7, 11) is 0. The van der Waals surface area contributed by atoms with Gasteiger partial charge < -0.3 is 15.1 Å². The summed E-state index contributed by atoms with van der Waals surface area (Å²) in [5.41, 5.74) is 4.41. The number of carbonyl (C=O) groups excluding carboxylic acids is 1. The second kappa shape index (κ2) is 10.8. The molecule has 1 aliphatic rings. The fourth-order valence-corrected chi connectivity index (χ4v) is 4.27. The number of halogens is 3. The Labute approximate surface area is 213 Å². The first-order valence-electron chi connectivity index (χ1n) is 10.8. The minimum Gasteiger partial charge on any atom is -0.436 e. The molecule has 1 saturated heterocycles. The summed E-state index contributed by atoms with van der Waals surface area (Å²) in [6.07, 6.45) is 0. The van der Waals surface area contributed by atoms with Gasteiger partial charge in [0.1, 0.15) is 5.52 Å². The largest absolute Gasteiger partial charge is 0.436 e. The minimum absolute atomic E-state index is 0. The van der Waals surface area contributed by atoms with Crippen molar-refractivity contribution < 1.29 is 9.21 Å². The van der Waals surface area contributed by atoms with Crippen molar-refractivity contribution in [1.29, 1.82) is 0 Å². The number of anilines is 1. The number of oxazole rings is 1. The molecule has 2 N–H and O–H groups in total. The molecule has 0 atom stereocenters. The Bertz CT molecular complexity index is 1320. The molecule has 3 aromatic carbocycles. The first kappa shape index (κ1) is 24.5. The van der Waals surface area contributed by atoms with E-state index >= 15 is 0 Å². The zero-order valence-electron chi connectivity index (χ0n) is 18.2. The summed E-state index contributed by atoms with van der Waals surface area (Å²) in [6, 6.07) is 18.2. The van der Waals surface area contributed by atoms with Crippen LogP contribution in [0.4, 0.5) is 5.69 Å². The zero-order valence-corrected chi connectivity index (χ0v) is 20.5. The number of para-hydroxylation sites is 2. The number of hydrogen-bond donors (Lipinski definition) is 2. The van der Waals surface area contributed by atoms with Crippen LogP contribution in [0.25, 0.3) is 22.6 Å². The van der Waals surface area contributed by atoms with Crippen LogP contribution >= 0.6 is 35.6 Å². The number of hydrogen-bond acceptors (Lipinski definition) is 5. The van der Waals surface area contributed by atoms with E-state index in [-0.39, 0.29) is 18.3 Å². The normalized spacial score (nSPS) is 14.1. The Hall–Kier alpha value is -2.61. The molecule has 5 rings (SSSR count). The molecule has 1 amide bonds. The van der Waals surface area contributed by atoms with Crippen LogP contribution in [0.15, 0.2) is 65.1 Å². The Kier molecular flexibility index (Phi) is 7.76. The maximum Gasteiger partial charge on any atom is 0.255 e. The van der Waals surface area contributed by atoms with Crippen molar-refractivity contribution in [2.75, 3.05) is 31.5 Å². The van der Waals surface area contributed by atoms with Crippen LogP contribution in [0.5, 0.6) is 0 Å². The maximum absolute atomic E-state index is 12.8. The zero-order chi connectivity index (χ0) is 22.8. The van der Waals surface area contributed by atoms with E-state index in [2.05, 4.69) is 21.6 Å². The summed E-state index contributed by atoms with van der Waals surface area (Å²) in [4.78, 5) is 20.1. The predicted molar refractivity (Wildman–Crippen MR) is 139 cm³/mol. The van der Waals surface area contributed by atoms with Crippen molar-refractivity contribution in [1.82, 2.24) is 15.2 Å². The fraction of sp³-hybridized carbons (Fsp3) is 0.200. The highest BCUT2D eigenvalue weighted by Crippen LogP contribution is 2.32. The highest BCUT2D eigenvalue weighted by molar-refractivity contribution is 6.42. The van der Waals surface area contributed by atoms with E-state index in [0.29, 0.717) is 32.8 Å². The second-order valence-electron chi connectivity index (χ2n) is 7.94. The van der Waals surface area contributed by atoms with Crippen LogP contribution in [0.3, 0.4) is 0 Å². The lowest BCUT2D eigenvalue weighted by molar-refractivity contribution is 0.102. The molecule has 0 radical (unpaired) electrons. The van der Waals surface area contributed by atoms with Crippen LogP contribution < -0.4 is 10.6 Å². The van der Waals surface area contributed by atoms with Gasteiger partial charge in [-0.15, -0.1) is 12.4 Å². The van der Waals surface area contributed by atoms with Gasteiger partial charge in [0.15, 0.2) is 5.58 Å². The third kappa shape index (κ3) is 5.22. The topological polar surface area (TPSA) is 70.4 Å². The van der Waals surface area contributed by atoms with Gasteiger partial charge in [0.05, 0.1) is 21.3 Å². The lowest BCUT2D eigenvalue weighted by Gasteiger charge is -2.27. The predicted octanol–water partition coefficient (Wildman–Crippen LogP) is 5.88. The van der Waals surface area contributed by atoms with Crippen LogP contribution in [-0.4, -0.2) is 42.0 Å². The summed E-state index contributed by atoms with van der Waals surface area (Å²) >= 11 is 12.0. The molecule has 0 saturated carbocycles. The number of nitrogens with zero attached hydrogens (tertiary/aromatic N) is 2. The van der Waals surface area contributed by atoms with E-state index in [1.807, 2.05) is 36.4 Å². The number of benzene rings is 3.